The average Bonchev–Trinajstić information content (AvgIpc) is 2.87. The van der Waals surface area contributed by atoms with Gasteiger partial charge in [0.15, 0.2) is 0 Å². The molecule has 1 aliphatic carbocycles. The predicted octanol–water partition coefficient (Wildman–Crippen LogP) is 2.41. The van der Waals surface area contributed by atoms with Crippen LogP contribution in [0.2, 0.25) is 0 Å². The summed E-state index contributed by atoms with van der Waals surface area (Å²) in [6.45, 7) is 0. The first kappa shape index (κ1) is 6.71. The van der Waals surface area contributed by atoms with Gasteiger partial charge in [0.2, 0.25) is 0 Å². The normalized spacial score (nSPS) is 16.5. The summed E-state index contributed by atoms with van der Waals surface area (Å²) < 4.78 is 5.23. The Balaban J connectivity index is 2.34. The van der Waals surface area contributed by atoms with Crippen LogP contribution in [0, 0.1) is 5.92 Å². The largest absolute Gasteiger partial charge is 0.496 e. The Bertz CT molecular complexity index is 251. The van der Waals surface area contributed by atoms with Crippen molar-refractivity contribution in [2.45, 2.75) is 12.8 Å². The number of hydrogen-bond acceptors (Lipinski definition) is 1. The van der Waals surface area contributed by atoms with Gasteiger partial charge >= 0.3 is 0 Å². The van der Waals surface area contributed by atoms with Crippen molar-refractivity contribution in [2.24, 2.45) is 0 Å². The molecular weight excluding hydrogens is 136 g/mol. The Morgan fingerprint density at radius 3 is 2.55 bits per heavy atom. The van der Waals surface area contributed by atoms with Gasteiger partial charge in [-0.15, -0.1) is 0 Å². The molecule has 1 aromatic rings. The van der Waals surface area contributed by atoms with E-state index in [1.165, 1.54) is 24.3 Å². The van der Waals surface area contributed by atoms with Crippen molar-refractivity contribution >= 4 is 0 Å². The molecule has 1 saturated carbocycles. The van der Waals surface area contributed by atoms with Crippen molar-refractivity contribution in [3.63, 3.8) is 0 Å². The number of rotatable bonds is 2. The van der Waals surface area contributed by atoms with Gasteiger partial charge < -0.3 is 4.74 Å². The minimum atomic E-state index is 1.01. The van der Waals surface area contributed by atoms with E-state index in [0.717, 1.165) is 5.75 Å². The Kier molecular flexibility index (Phi) is 1.57. The summed E-state index contributed by atoms with van der Waals surface area (Å²) in [4.78, 5) is 0. The van der Waals surface area contributed by atoms with Crippen LogP contribution in [0.4, 0.5) is 0 Å². The molecule has 1 nitrogen and oxygen atoms in total. The van der Waals surface area contributed by atoms with Crippen LogP contribution < -0.4 is 4.74 Å². The highest BCUT2D eigenvalue weighted by molar-refractivity contribution is 5.47. The van der Waals surface area contributed by atoms with Crippen LogP contribution in [-0.2, 0) is 0 Å². The van der Waals surface area contributed by atoms with Crippen molar-refractivity contribution in [1.29, 1.82) is 0 Å². The lowest BCUT2D eigenvalue weighted by Crippen LogP contribution is -1.88. The molecule has 0 saturated heterocycles. The molecule has 0 aliphatic heterocycles. The Hall–Kier alpha value is -0.980. The third-order valence-electron chi connectivity index (χ3n) is 1.99. The summed E-state index contributed by atoms with van der Waals surface area (Å²) in [5, 5.41) is 0. The number of methoxy groups -OCH3 is 1. The van der Waals surface area contributed by atoms with Crippen LogP contribution in [0.3, 0.4) is 0 Å². The second kappa shape index (κ2) is 2.57. The summed E-state index contributed by atoms with van der Waals surface area (Å²) in [5.74, 6) is 2.54. The van der Waals surface area contributed by atoms with E-state index in [0.29, 0.717) is 0 Å². The Labute approximate surface area is 67.0 Å². The van der Waals surface area contributed by atoms with Gasteiger partial charge in [-0.05, 0) is 18.9 Å². The molecule has 0 bridgehead atoms. The maximum Gasteiger partial charge on any atom is 0.122 e. The van der Waals surface area contributed by atoms with E-state index in [2.05, 4.69) is 12.1 Å². The van der Waals surface area contributed by atoms with Crippen LogP contribution in [-0.4, -0.2) is 7.11 Å². The molecule has 1 fully saturated rings. The maximum absolute atomic E-state index is 5.23. The lowest BCUT2D eigenvalue weighted by Gasteiger charge is -2.04. The zero-order chi connectivity index (χ0) is 7.68. The number of para-hydroxylation sites is 1. The molecule has 0 amide bonds. The first-order valence-electron chi connectivity index (χ1n) is 3.90. The topological polar surface area (TPSA) is 9.23 Å². The summed E-state index contributed by atoms with van der Waals surface area (Å²) in [6.07, 6.45) is 2.50. The molecule has 0 heterocycles. The van der Waals surface area contributed by atoms with Crippen molar-refractivity contribution in [2.75, 3.05) is 7.11 Å². The van der Waals surface area contributed by atoms with Crippen LogP contribution in [0.1, 0.15) is 18.4 Å². The highest BCUT2D eigenvalue weighted by atomic mass is 16.5. The molecule has 1 aliphatic rings. The smallest absolute Gasteiger partial charge is 0.122 e. The van der Waals surface area contributed by atoms with Gasteiger partial charge in [0.1, 0.15) is 5.75 Å². The Morgan fingerprint density at radius 2 is 1.91 bits per heavy atom. The lowest BCUT2D eigenvalue weighted by molar-refractivity contribution is 0.412. The van der Waals surface area contributed by atoms with Gasteiger partial charge in [0.25, 0.3) is 0 Å². The molecule has 0 spiro atoms. The van der Waals surface area contributed by atoms with Gasteiger partial charge in [-0.25, -0.2) is 0 Å². The van der Waals surface area contributed by atoms with Gasteiger partial charge in [-0.1, -0.05) is 18.2 Å². The molecule has 1 heteroatoms. The lowest BCUT2D eigenvalue weighted by atomic mass is 10.1. The molecule has 11 heavy (non-hydrogen) atoms. The first-order valence-corrected chi connectivity index (χ1v) is 3.90. The molecule has 1 aromatic carbocycles. The summed E-state index contributed by atoms with van der Waals surface area (Å²) >= 11 is 0. The van der Waals surface area contributed by atoms with Gasteiger partial charge in [0, 0.05) is 11.5 Å². The predicted molar refractivity (Wildman–Crippen MR) is 44.6 cm³/mol. The van der Waals surface area contributed by atoms with E-state index >= 15 is 0 Å². The standard InChI is InChI=1S/C10H11O/c1-11-10-5-3-2-4-9(10)8-6-7-8/h2-5H,6-7H2,1H3. The van der Waals surface area contributed by atoms with Crippen LogP contribution in [0.5, 0.6) is 5.75 Å². The highest BCUT2D eigenvalue weighted by Gasteiger charge is 2.26. The van der Waals surface area contributed by atoms with Crippen molar-refractivity contribution in [3.05, 3.63) is 35.7 Å². The first-order chi connectivity index (χ1) is 5.42. The molecule has 0 unspecified atom stereocenters. The van der Waals surface area contributed by atoms with Crippen molar-refractivity contribution in [3.8, 4) is 5.75 Å². The molecule has 0 N–H and O–H groups in total. The summed E-state index contributed by atoms with van der Waals surface area (Å²) in [6, 6.07) is 8.20. The molecule has 2 rings (SSSR count). The van der Waals surface area contributed by atoms with E-state index in [-0.39, 0.29) is 0 Å². The SMILES string of the molecule is COc1ccccc1[C]1CC1. The fraction of sp³-hybridized carbons (Fsp3) is 0.300. The second-order valence-electron chi connectivity index (χ2n) is 2.80. The van der Waals surface area contributed by atoms with E-state index in [1.54, 1.807) is 7.11 Å². The fourth-order valence-corrected chi connectivity index (χ4v) is 1.27. The molecule has 57 valence electrons. The van der Waals surface area contributed by atoms with Crippen LogP contribution >= 0.6 is 0 Å². The zero-order valence-electron chi connectivity index (χ0n) is 6.63. The maximum atomic E-state index is 5.23. The molecule has 1 radical (unpaired) electrons. The Morgan fingerprint density at radius 1 is 1.18 bits per heavy atom. The number of benzene rings is 1. The van der Waals surface area contributed by atoms with Crippen LogP contribution in [0.25, 0.3) is 0 Å². The third-order valence-corrected chi connectivity index (χ3v) is 1.99. The quantitative estimate of drug-likeness (QED) is 0.624. The van der Waals surface area contributed by atoms with E-state index in [1.807, 2.05) is 12.1 Å². The second-order valence-corrected chi connectivity index (χ2v) is 2.80. The highest BCUT2D eigenvalue weighted by Crippen LogP contribution is 2.42. The zero-order valence-corrected chi connectivity index (χ0v) is 6.63. The number of hydrogen-bond donors (Lipinski definition) is 0. The van der Waals surface area contributed by atoms with Crippen LogP contribution in [0.15, 0.2) is 24.3 Å². The van der Waals surface area contributed by atoms with E-state index in [9.17, 15) is 0 Å². The minimum absolute atomic E-state index is 1.01. The minimum Gasteiger partial charge on any atom is -0.496 e. The van der Waals surface area contributed by atoms with E-state index < -0.39 is 0 Å². The molecule has 0 aromatic heterocycles. The van der Waals surface area contributed by atoms with Gasteiger partial charge in [0.05, 0.1) is 7.11 Å². The monoisotopic (exact) mass is 147 g/mol. The summed E-state index contributed by atoms with van der Waals surface area (Å²) in [5.41, 5.74) is 1.30. The average molecular weight is 147 g/mol. The molecular formula is C10H11O. The van der Waals surface area contributed by atoms with Gasteiger partial charge in [-0.2, -0.15) is 0 Å². The fourth-order valence-electron chi connectivity index (χ4n) is 1.27. The van der Waals surface area contributed by atoms with Gasteiger partial charge in [-0.3, -0.25) is 0 Å². The van der Waals surface area contributed by atoms with E-state index in [4.69, 9.17) is 4.74 Å². The summed E-state index contributed by atoms with van der Waals surface area (Å²) in [7, 11) is 1.72. The van der Waals surface area contributed by atoms with Crippen molar-refractivity contribution < 1.29 is 4.74 Å². The third kappa shape index (κ3) is 1.23. The van der Waals surface area contributed by atoms with Crippen molar-refractivity contribution in [1.82, 2.24) is 0 Å². The molecule has 0 atom stereocenters. The number of ether oxygens (including phenoxy) is 1.